The number of nitrogens with zero attached hydrogens (tertiary/aromatic N) is 1. The molecule has 2 fully saturated rings. The van der Waals surface area contributed by atoms with Crippen LogP contribution < -0.4 is 16.0 Å². The second-order valence-electron chi connectivity index (χ2n) is 5.02. The standard InChI is InChI=1S/C12H20N4O3/c1-8(10(17)15-9-2-3-9)14-11(18)12(19)16-6-4-13-5-7-16/h8-9,13H,2-7H2,1H3,(H,14,18)(H,15,17). The number of amides is 3. The molecule has 1 heterocycles. The first-order valence-corrected chi connectivity index (χ1v) is 6.69. The Morgan fingerprint density at radius 1 is 1.21 bits per heavy atom. The maximum absolute atomic E-state index is 11.8. The Kier molecular flexibility index (Phi) is 4.36. The summed E-state index contributed by atoms with van der Waals surface area (Å²) in [4.78, 5) is 36.8. The Morgan fingerprint density at radius 2 is 1.84 bits per heavy atom. The smallest absolute Gasteiger partial charge is 0.311 e. The molecule has 1 saturated heterocycles. The summed E-state index contributed by atoms with van der Waals surface area (Å²) in [6, 6.07) is -0.435. The van der Waals surface area contributed by atoms with Gasteiger partial charge in [-0.3, -0.25) is 14.4 Å². The van der Waals surface area contributed by atoms with Crippen molar-refractivity contribution in [3.63, 3.8) is 0 Å². The van der Waals surface area contributed by atoms with Crippen molar-refractivity contribution >= 4 is 17.7 Å². The largest absolute Gasteiger partial charge is 0.352 e. The van der Waals surface area contributed by atoms with Crippen LogP contribution >= 0.6 is 0 Å². The van der Waals surface area contributed by atoms with Crippen LogP contribution in [0.3, 0.4) is 0 Å². The van der Waals surface area contributed by atoms with E-state index < -0.39 is 17.9 Å². The highest BCUT2D eigenvalue weighted by Gasteiger charge is 2.29. The summed E-state index contributed by atoms with van der Waals surface area (Å²) in [5.74, 6) is -1.50. The van der Waals surface area contributed by atoms with Crippen molar-refractivity contribution in [2.24, 2.45) is 0 Å². The normalized spacial score (nSPS) is 20.6. The van der Waals surface area contributed by atoms with E-state index in [4.69, 9.17) is 0 Å². The van der Waals surface area contributed by atoms with Gasteiger partial charge < -0.3 is 20.9 Å². The number of hydrogen-bond acceptors (Lipinski definition) is 4. The molecule has 0 radical (unpaired) electrons. The molecule has 106 valence electrons. The molecule has 1 aliphatic carbocycles. The van der Waals surface area contributed by atoms with Gasteiger partial charge in [-0.25, -0.2) is 0 Å². The van der Waals surface area contributed by atoms with Crippen LogP contribution in [0, 0.1) is 0 Å². The molecule has 7 heteroatoms. The molecule has 7 nitrogen and oxygen atoms in total. The minimum absolute atomic E-state index is 0.232. The van der Waals surface area contributed by atoms with Crippen LogP contribution in [0.2, 0.25) is 0 Å². The fraction of sp³-hybridized carbons (Fsp3) is 0.750. The number of rotatable bonds is 3. The van der Waals surface area contributed by atoms with E-state index in [9.17, 15) is 14.4 Å². The van der Waals surface area contributed by atoms with Gasteiger partial charge in [-0.1, -0.05) is 0 Å². The summed E-state index contributed by atoms with van der Waals surface area (Å²) >= 11 is 0. The van der Waals surface area contributed by atoms with Crippen molar-refractivity contribution in [1.29, 1.82) is 0 Å². The lowest BCUT2D eigenvalue weighted by Crippen LogP contribution is -2.54. The summed E-state index contributed by atoms with van der Waals surface area (Å²) in [5.41, 5.74) is 0. The van der Waals surface area contributed by atoms with E-state index in [1.54, 1.807) is 6.92 Å². The first-order chi connectivity index (χ1) is 9.08. The Balaban J connectivity index is 1.78. The topological polar surface area (TPSA) is 90.5 Å². The van der Waals surface area contributed by atoms with Gasteiger partial charge in [0.25, 0.3) is 0 Å². The molecule has 19 heavy (non-hydrogen) atoms. The van der Waals surface area contributed by atoms with Gasteiger partial charge in [0, 0.05) is 32.2 Å². The second-order valence-corrected chi connectivity index (χ2v) is 5.02. The number of nitrogens with one attached hydrogen (secondary N) is 3. The van der Waals surface area contributed by atoms with Crippen molar-refractivity contribution in [3.05, 3.63) is 0 Å². The average Bonchev–Trinajstić information content (AvgIpc) is 3.22. The maximum atomic E-state index is 11.8. The van der Waals surface area contributed by atoms with Crippen LogP contribution in [0.4, 0.5) is 0 Å². The molecule has 2 aliphatic rings. The quantitative estimate of drug-likeness (QED) is 0.527. The van der Waals surface area contributed by atoms with Crippen molar-refractivity contribution in [2.75, 3.05) is 26.2 Å². The van der Waals surface area contributed by atoms with Crippen molar-refractivity contribution < 1.29 is 14.4 Å². The Bertz CT molecular complexity index is 375. The van der Waals surface area contributed by atoms with Gasteiger partial charge in [0.2, 0.25) is 5.91 Å². The molecule has 1 atom stereocenters. The fourth-order valence-electron chi connectivity index (χ4n) is 1.89. The molecule has 2 rings (SSSR count). The van der Waals surface area contributed by atoms with E-state index in [0.29, 0.717) is 26.2 Å². The highest BCUT2D eigenvalue weighted by atomic mass is 16.2. The monoisotopic (exact) mass is 268 g/mol. The third kappa shape index (κ3) is 3.92. The van der Waals surface area contributed by atoms with E-state index >= 15 is 0 Å². The molecule has 0 bridgehead atoms. The molecule has 1 unspecified atom stereocenters. The van der Waals surface area contributed by atoms with Crippen LogP contribution in [-0.2, 0) is 14.4 Å². The van der Waals surface area contributed by atoms with Gasteiger partial charge >= 0.3 is 11.8 Å². The Hall–Kier alpha value is -1.63. The predicted molar refractivity (Wildman–Crippen MR) is 68.2 cm³/mol. The zero-order valence-electron chi connectivity index (χ0n) is 11.1. The molecule has 0 aromatic carbocycles. The molecule has 0 aromatic heterocycles. The molecular weight excluding hydrogens is 248 g/mol. The first kappa shape index (κ1) is 13.8. The van der Waals surface area contributed by atoms with Crippen molar-refractivity contribution in [1.82, 2.24) is 20.9 Å². The zero-order chi connectivity index (χ0) is 13.8. The highest BCUT2D eigenvalue weighted by molar-refractivity contribution is 6.35. The molecule has 3 amide bonds. The predicted octanol–water partition coefficient (Wildman–Crippen LogP) is -1.80. The van der Waals surface area contributed by atoms with E-state index in [2.05, 4.69) is 16.0 Å². The molecule has 0 spiro atoms. The summed E-state index contributed by atoms with van der Waals surface area (Å²) in [7, 11) is 0. The lowest BCUT2D eigenvalue weighted by atomic mass is 10.3. The van der Waals surface area contributed by atoms with E-state index in [-0.39, 0.29) is 11.9 Å². The molecule has 0 aromatic rings. The van der Waals surface area contributed by atoms with E-state index in [1.165, 1.54) is 4.90 Å². The van der Waals surface area contributed by atoms with Gasteiger partial charge in [-0.2, -0.15) is 0 Å². The van der Waals surface area contributed by atoms with E-state index in [0.717, 1.165) is 12.8 Å². The Labute approximate surface area is 112 Å². The molecule has 1 saturated carbocycles. The van der Waals surface area contributed by atoms with E-state index in [1.807, 2.05) is 0 Å². The minimum Gasteiger partial charge on any atom is -0.352 e. The second kappa shape index (κ2) is 6.01. The maximum Gasteiger partial charge on any atom is 0.311 e. The van der Waals surface area contributed by atoms with Gasteiger partial charge in [0.05, 0.1) is 0 Å². The van der Waals surface area contributed by atoms with Crippen molar-refractivity contribution in [2.45, 2.75) is 31.8 Å². The summed E-state index contributed by atoms with van der Waals surface area (Å²) in [6.07, 6.45) is 1.98. The van der Waals surface area contributed by atoms with Gasteiger partial charge in [-0.05, 0) is 19.8 Å². The third-order valence-electron chi connectivity index (χ3n) is 3.26. The Morgan fingerprint density at radius 3 is 2.42 bits per heavy atom. The summed E-state index contributed by atoms with van der Waals surface area (Å²) < 4.78 is 0. The highest BCUT2D eigenvalue weighted by Crippen LogP contribution is 2.18. The lowest BCUT2D eigenvalue weighted by molar-refractivity contribution is -0.147. The summed E-state index contributed by atoms with van der Waals surface area (Å²) in [5, 5.41) is 8.34. The molecule has 3 N–H and O–H groups in total. The van der Waals surface area contributed by atoms with Gasteiger partial charge in [0.1, 0.15) is 6.04 Å². The molecule has 1 aliphatic heterocycles. The number of carbonyl (C=O) groups is 3. The van der Waals surface area contributed by atoms with Crippen LogP contribution in [0.1, 0.15) is 19.8 Å². The van der Waals surface area contributed by atoms with Crippen LogP contribution in [-0.4, -0.2) is 60.9 Å². The minimum atomic E-state index is -0.708. The van der Waals surface area contributed by atoms with Crippen LogP contribution in [0.5, 0.6) is 0 Å². The number of carbonyl (C=O) groups excluding carboxylic acids is 3. The molecular formula is C12H20N4O3. The SMILES string of the molecule is CC(NC(=O)C(=O)N1CCNCC1)C(=O)NC1CC1. The average molecular weight is 268 g/mol. The zero-order valence-corrected chi connectivity index (χ0v) is 11.1. The summed E-state index contributed by atoms with van der Waals surface area (Å²) in [6.45, 7) is 4.01. The lowest BCUT2D eigenvalue weighted by Gasteiger charge is -2.27. The van der Waals surface area contributed by atoms with Gasteiger partial charge in [-0.15, -0.1) is 0 Å². The fourth-order valence-corrected chi connectivity index (χ4v) is 1.89. The number of piperazine rings is 1. The number of hydrogen-bond donors (Lipinski definition) is 3. The van der Waals surface area contributed by atoms with Crippen LogP contribution in [0.25, 0.3) is 0 Å². The van der Waals surface area contributed by atoms with Crippen molar-refractivity contribution in [3.8, 4) is 0 Å². The van der Waals surface area contributed by atoms with Gasteiger partial charge in [0.15, 0.2) is 0 Å². The van der Waals surface area contributed by atoms with Crippen LogP contribution in [0.15, 0.2) is 0 Å². The third-order valence-corrected chi connectivity index (χ3v) is 3.26. The first-order valence-electron chi connectivity index (χ1n) is 6.69.